The number of hydrogen-bond donors (Lipinski definition) is 1. The first kappa shape index (κ1) is 16.7. The number of pyridine rings is 1. The van der Waals surface area contributed by atoms with Crippen molar-refractivity contribution >= 4 is 16.8 Å². The first-order valence-electron chi connectivity index (χ1n) is 8.35. The van der Waals surface area contributed by atoms with Crippen LogP contribution in [0, 0.1) is 11.3 Å². The van der Waals surface area contributed by atoms with Crippen LogP contribution < -0.4 is 10.3 Å². The maximum atomic E-state index is 12.1. The number of carbonyl (C=O) groups excluding carboxylic acids is 1. The van der Waals surface area contributed by atoms with Crippen molar-refractivity contribution in [3.8, 4) is 17.8 Å². The van der Waals surface area contributed by atoms with Gasteiger partial charge < -0.3 is 9.64 Å². The molecule has 1 aliphatic heterocycles. The molecule has 4 rings (SSSR count). The predicted molar refractivity (Wildman–Crippen MR) is 92.9 cm³/mol. The van der Waals surface area contributed by atoms with Crippen LogP contribution in [-0.2, 0) is 4.79 Å². The molecule has 0 spiro atoms. The normalized spacial score (nSPS) is 16.4. The summed E-state index contributed by atoms with van der Waals surface area (Å²) in [5.41, 5.74) is 0.123. The molecule has 3 aromatic rings. The van der Waals surface area contributed by atoms with Crippen LogP contribution >= 0.6 is 0 Å². The molecule has 1 fully saturated rings. The van der Waals surface area contributed by atoms with E-state index in [2.05, 4.69) is 20.1 Å². The molecule has 136 valence electrons. The van der Waals surface area contributed by atoms with Crippen molar-refractivity contribution in [2.75, 3.05) is 13.1 Å². The van der Waals surface area contributed by atoms with Gasteiger partial charge >= 0.3 is 6.01 Å². The highest BCUT2D eigenvalue weighted by Crippen LogP contribution is 2.25. The number of hydrogen-bond acceptors (Lipinski definition) is 7. The second-order valence-electron chi connectivity index (χ2n) is 6.14. The van der Waals surface area contributed by atoms with Crippen molar-refractivity contribution in [1.29, 1.82) is 5.26 Å². The highest BCUT2D eigenvalue weighted by atomic mass is 16.5. The Balaban J connectivity index is 1.48. The second kappa shape index (κ2) is 6.87. The molecule has 3 aromatic heterocycles. The summed E-state index contributed by atoms with van der Waals surface area (Å²) in [6.45, 7) is 1.09. The molecule has 10 nitrogen and oxygen atoms in total. The molecule has 0 bridgehead atoms. The fourth-order valence-electron chi connectivity index (χ4n) is 3.07. The summed E-state index contributed by atoms with van der Waals surface area (Å²) < 4.78 is 7.34. The van der Waals surface area contributed by atoms with Gasteiger partial charge in [-0.2, -0.15) is 15.3 Å². The molecular formula is C17H15N7O3. The molecule has 1 amide bonds. The van der Waals surface area contributed by atoms with Crippen molar-refractivity contribution in [1.82, 2.24) is 29.6 Å². The van der Waals surface area contributed by atoms with Crippen LogP contribution in [0.3, 0.4) is 0 Å². The van der Waals surface area contributed by atoms with Crippen LogP contribution in [0.15, 0.2) is 35.6 Å². The van der Waals surface area contributed by atoms with E-state index >= 15 is 0 Å². The number of aromatic amines is 1. The molecule has 1 atom stereocenters. The third-order valence-electron chi connectivity index (χ3n) is 4.40. The SMILES string of the molecule is N#CCC(=O)N1CCC(n2cc(Oc3nc4cnccc4c(=O)[nH]3)cn2)C1. The average Bonchev–Trinajstić information content (AvgIpc) is 3.31. The first-order valence-corrected chi connectivity index (χ1v) is 8.35. The van der Waals surface area contributed by atoms with Gasteiger partial charge in [0.15, 0.2) is 5.75 Å². The number of rotatable bonds is 4. The minimum Gasteiger partial charge on any atom is -0.422 e. The lowest BCUT2D eigenvalue weighted by Gasteiger charge is -2.14. The zero-order chi connectivity index (χ0) is 18.8. The number of H-pyrrole nitrogens is 1. The van der Waals surface area contributed by atoms with Crippen molar-refractivity contribution in [3.05, 3.63) is 41.2 Å². The maximum Gasteiger partial charge on any atom is 0.302 e. The quantitative estimate of drug-likeness (QED) is 0.730. The Labute approximate surface area is 153 Å². The zero-order valence-electron chi connectivity index (χ0n) is 14.2. The van der Waals surface area contributed by atoms with E-state index < -0.39 is 0 Å². The third-order valence-corrected chi connectivity index (χ3v) is 4.40. The van der Waals surface area contributed by atoms with Gasteiger partial charge in [-0.15, -0.1) is 0 Å². The van der Waals surface area contributed by atoms with Gasteiger partial charge in [0.1, 0.15) is 6.42 Å². The van der Waals surface area contributed by atoms with Gasteiger partial charge in [0.2, 0.25) is 5.91 Å². The third kappa shape index (κ3) is 3.35. The molecule has 27 heavy (non-hydrogen) atoms. The average molecular weight is 365 g/mol. The van der Waals surface area contributed by atoms with Crippen LogP contribution in [0.1, 0.15) is 18.9 Å². The number of carbonyl (C=O) groups is 1. The maximum absolute atomic E-state index is 12.1. The van der Waals surface area contributed by atoms with Crippen molar-refractivity contribution in [3.63, 3.8) is 0 Å². The summed E-state index contributed by atoms with van der Waals surface area (Å²) in [6, 6.07) is 3.52. The number of amides is 1. The Hall–Kier alpha value is -3.74. The van der Waals surface area contributed by atoms with Crippen LogP contribution in [0.5, 0.6) is 11.8 Å². The summed E-state index contributed by atoms with van der Waals surface area (Å²) in [7, 11) is 0. The fraction of sp³-hybridized carbons (Fsp3) is 0.294. The summed E-state index contributed by atoms with van der Waals surface area (Å²) >= 11 is 0. The van der Waals surface area contributed by atoms with E-state index in [-0.39, 0.29) is 29.9 Å². The summed E-state index contributed by atoms with van der Waals surface area (Å²) in [4.78, 5) is 36.3. The number of nitrogens with one attached hydrogen (secondary N) is 1. The van der Waals surface area contributed by atoms with E-state index in [4.69, 9.17) is 10.00 Å². The molecule has 1 aliphatic rings. The molecule has 4 heterocycles. The molecule has 10 heteroatoms. The Morgan fingerprint density at radius 3 is 3.19 bits per heavy atom. The fourth-order valence-corrected chi connectivity index (χ4v) is 3.07. The molecule has 0 aromatic carbocycles. The highest BCUT2D eigenvalue weighted by Gasteiger charge is 2.27. The van der Waals surface area contributed by atoms with Crippen molar-refractivity contribution in [2.45, 2.75) is 18.9 Å². The van der Waals surface area contributed by atoms with Crippen LogP contribution in [0.25, 0.3) is 10.9 Å². The molecule has 0 saturated carbocycles. The number of aromatic nitrogens is 5. The van der Waals surface area contributed by atoms with Gasteiger partial charge in [-0.25, -0.2) is 0 Å². The van der Waals surface area contributed by atoms with Gasteiger partial charge in [-0.05, 0) is 12.5 Å². The lowest BCUT2D eigenvalue weighted by Crippen LogP contribution is -2.28. The second-order valence-corrected chi connectivity index (χ2v) is 6.14. The van der Waals surface area contributed by atoms with E-state index in [1.165, 1.54) is 18.6 Å². The molecule has 0 aliphatic carbocycles. The van der Waals surface area contributed by atoms with Gasteiger partial charge in [-0.3, -0.25) is 24.2 Å². The summed E-state index contributed by atoms with van der Waals surface area (Å²) in [5.74, 6) is 0.248. The van der Waals surface area contributed by atoms with Crippen molar-refractivity contribution in [2.24, 2.45) is 0 Å². The Kier molecular flexibility index (Phi) is 4.25. The van der Waals surface area contributed by atoms with Gasteiger partial charge in [-0.1, -0.05) is 0 Å². The van der Waals surface area contributed by atoms with E-state index in [1.54, 1.807) is 21.8 Å². The van der Waals surface area contributed by atoms with E-state index in [0.717, 1.165) is 6.42 Å². The molecule has 0 radical (unpaired) electrons. The van der Waals surface area contributed by atoms with Gasteiger partial charge in [0.05, 0.1) is 41.6 Å². The van der Waals surface area contributed by atoms with Gasteiger partial charge in [0.25, 0.3) is 5.56 Å². The molecular weight excluding hydrogens is 350 g/mol. The number of fused-ring (bicyclic) bond motifs is 1. The van der Waals surface area contributed by atoms with E-state index in [9.17, 15) is 9.59 Å². The summed E-state index contributed by atoms with van der Waals surface area (Å²) in [5, 5.41) is 13.3. The van der Waals surface area contributed by atoms with Gasteiger partial charge in [0, 0.05) is 19.3 Å². The minimum absolute atomic E-state index is 0.0119. The van der Waals surface area contributed by atoms with Crippen molar-refractivity contribution < 1.29 is 9.53 Å². The Bertz CT molecular complexity index is 1100. The minimum atomic E-state index is -0.313. The van der Waals surface area contributed by atoms with E-state index in [1.807, 2.05) is 6.07 Å². The molecule has 1 N–H and O–H groups in total. The number of likely N-dealkylation sites (tertiary alicyclic amines) is 1. The van der Waals surface area contributed by atoms with Crippen LogP contribution in [-0.4, -0.2) is 48.6 Å². The largest absolute Gasteiger partial charge is 0.422 e. The predicted octanol–water partition coefficient (Wildman–Crippen LogP) is 0.994. The summed E-state index contributed by atoms with van der Waals surface area (Å²) in [6.07, 6.45) is 6.86. The Morgan fingerprint density at radius 1 is 1.44 bits per heavy atom. The standard InChI is InChI=1S/C17H15N7O3/c18-4-1-15(25)23-6-3-11(9-23)24-10-12(7-20-24)27-17-21-14-8-19-5-2-13(14)16(26)22-17/h2,5,7-8,10-11H,1,3,6,9H2,(H,21,22,26). The highest BCUT2D eigenvalue weighted by molar-refractivity contribution is 5.78. The lowest BCUT2D eigenvalue weighted by molar-refractivity contribution is -0.129. The molecule has 1 saturated heterocycles. The van der Waals surface area contributed by atoms with Crippen LogP contribution in [0.4, 0.5) is 0 Å². The zero-order valence-corrected chi connectivity index (χ0v) is 14.2. The number of nitriles is 1. The smallest absolute Gasteiger partial charge is 0.302 e. The number of nitrogens with zero attached hydrogens (tertiary/aromatic N) is 6. The topological polar surface area (TPSA) is 130 Å². The molecule has 1 unspecified atom stereocenters. The van der Waals surface area contributed by atoms with E-state index in [0.29, 0.717) is 29.7 Å². The monoisotopic (exact) mass is 365 g/mol. The van der Waals surface area contributed by atoms with Crippen LogP contribution in [0.2, 0.25) is 0 Å². The lowest BCUT2D eigenvalue weighted by atomic mass is 10.3. The first-order chi connectivity index (χ1) is 13.1. The number of ether oxygens (including phenoxy) is 1. The Morgan fingerprint density at radius 2 is 2.33 bits per heavy atom.